The van der Waals surface area contributed by atoms with E-state index in [0.717, 1.165) is 24.8 Å². The summed E-state index contributed by atoms with van der Waals surface area (Å²) in [5.41, 5.74) is 0. The lowest BCUT2D eigenvalue weighted by Crippen LogP contribution is -2.44. The average molecular weight is 284 g/mol. The smallest absolute Gasteiger partial charge is 0.191 e. The number of ether oxygens (including phenoxy) is 1. The zero-order valence-electron chi connectivity index (χ0n) is 13.6. The van der Waals surface area contributed by atoms with Gasteiger partial charge in [-0.3, -0.25) is 4.99 Å². The minimum Gasteiger partial charge on any atom is -0.383 e. The van der Waals surface area contributed by atoms with Crippen molar-refractivity contribution in [1.29, 1.82) is 0 Å². The van der Waals surface area contributed by atoms with Crippen LogP contribution in [0, 0.1) is 5.92 Å². The second kappa shape index (κ2) is 10.00. The van der Waals surface area contributed by atoms with E-state index in [1.165, 1.54) is 32.5 Å². The van der Waals surface area contributed by atoms with E-state index >= 15 is 0 Å². The molecule has 0 amide bonds. The van der Waals surface area contributed by atoms with E-state index in [-0.39, 0.29) is 6.04 Å². The predicted octanol–water partition coefficient (Wildman–Crippen LogP) is 1.31. The lowest BCUT2D eigenvalue weighted by molar-refractivity contribution is 0.178. The lowest BCUT2D eigenvalue weighted by atomic mass is 9.99. The molecule has 0 aromatic heterocycles. The van der Waals surface area contributed by atoms with Gasteiger partial charge in [-0.25, -0.2) is 0 Å². The van der Waals surface area contributed by atoms with Gasteiger partial charge in [0, 0.05) is 26.7 Å². The Hall–Kier alpha value is -0.810. The van der Waals surface area contributed by atoms with Gasteiger partial charge in [0.2, 0.25) is 0 Å². The van der Waals surface area contributed by atoms with Gasteiger partial charge in [-0.05, 0) is 51.7 Å². The molecule has 1 fully saturated rings. The highest BCUT2D eigenvalue weighted by atomic mass is 16.5. The summed E-state index contributed by atoms with van der Waals surface area (Å²) in [7, 11) is 3.52. The second-order valence-corrected chi connectivity index (χ2v) is 5.88. The summed E-state index contributed by atoms with van der Waals surface area (Å²) in [6, 6.07) is 0.273. The maximum Gasteiger partial charge on any atom is 0.191 e. The molecule has 2 N–H and O–H groups in total. The van der Waals surface area contributed by atoms with Gasteiger partial charge in [-0.2, -0.15) is 0 Å². The molecule has 1 aliphatic heterocycles. The summed E-state index contributed by atoms with van der Waals surface area (Å²) in [4.78, 5) is 6.80. The van der Waals surface area contributed by atoms with Crippen LogP contribution in [0.3, 0.4) is 0 Å². The molecule has 118 valence electrons. The van der Waals surface area contributed by atoms with Gasteiger partial charge < -0.3 is 20.3 Å². The topological polar surface area (TPSA) is 48.9 Å². The van der Waals surface area contributed by atoms with Crippen LogP contribution in [0.5, 0.6) is 0 Å². The van der Waals surface area contributed by atoms with E-state index in [9.17, 15) is 0 Å². The van der Waals surface area contributed by atoms with Crippen molar-refractivity contribution in [2.24, 2.45) is 10.9 Å². The number of hydrogen-bond acceptors (Lipinski definition) is 3. The molecule has 0 bridgehead atoms. The summed E-state index contributed by atoms with van der Waals surface area (Å²) < 4.78 is 5.11. The van der Waals surface area contributed by atoms with Crippen LogP contribution in [-0.2, 0) is 4.74 Å². The number of rotatable bonds is 7. The highest BCUT2D eigenvalue weighted by Gasteiger charge is 2.14. The predicted molar refractivity (Wildman–Crippen MR) is 85.3 cm³/mol. The first-order valence-corrected chi connectivity index (χ1v) is 7.84. The average Bonchev–Trinajstić information content (AvgIpc) is 2.44. The standard InChI is InChI=1S/C15H32N4O/c1-13-6-10-19(11-7-13)9-5-8-17-15(16-3)18-14(2)12-20-4/h13-14H,5-12H2,1-4H3,(H2,16,17,18). The minimum atomic E-state index is 0.273. The Morgan fingerprint density at radius 2 is 2.10 bits per heavy atom. The van der Waals surface area contributed by atoms with Gasteiger partial charge >= 0.3 is 0 Å². The van der Waals surface area contributed by atoms with Crippen molar-refractivity contribution in [2.75, 3.05) is 46.9 Å². The van der Waals surface area contributed by atoms with Crippen LogP contribution in [0.2, 0.25) is 0 Å². The number of methoxy groups -OCH3 is 1. The third-order valence-corrected chi connectivity index (χ3v) is 3.84. The Labute approximate surface area is 124 Å². The monoisotopic (exact) mass is 284 g/mol. The van der Waals surface area contributed by atoms with E-state index in [1.54, 1.807) is 14.2 Å². The molecular weight excluding hydrogens is 252 g/mol. The number of piperidine rings is 1. The molecule has 0 spiro atoms. The van der Waals surface area contributed by atoms with Gasteiger partial charge in [-0.15, -0.1) is 0 Å². The second-order valence-electron chi connectivity index (χ2n) is 5.88. The SMILES string of the molecule is CN=C(NCCCN1CCC(C)CC1)NC(C)COC. The summed E-state index contributed by atoms with van der Waals surface area (Å²) >= 11 is 0. The van der Waals surface area contributed by atoms with Crippen LogP contribution in [-0.4, -0.2) is 63.8 Å². The molecule has 1 unspecified atom stereocenters. The summed E-state index contributed by atoms with van der Waals surface area (Å²) in [6.07, 6.45) is 3.87. The van der Waals surface area contributed by atoms with Crippen molar-refractivity contribution in [3.63, 3.8) is 0 Å². The number of hydrogen-bond donors (Lipinski definition) is 2. The molecule has 1 aliphatic rings. The molecule has 5 nitrogen and oxygen atoms in total. The molecule has 0 aromatic rings. The minimum absolute atomic E-state index is 0.273. The van der Waals surface area contributed by atoms with Gasteiger partial charge in [0.25, 0.3) is 0 Å². The Morgan fingerprint density at radius 3 is 2.70 bits per heavy atom. The molecule has 1 rings (SSSR count). The third-order valence-electron chi connectivity index (χ3n) is 3.84. The number of nitrogens with zero attached hydrogens (tertiary/aromatic N) is 2. The van der Waals surface area contributed by atoms with Crippen molar-refractivity contribution in [3.8, 4) is 0 Å². The van der Waals surface area contributed by atoms with Crippen molar-refractivity contribution in [2.45, 2.75) is 39.2 Å². The summed E-state index contributed by atoms with van der Waals surface area (Å²) in [5.74, 6) is 1.77. The highest BCUT2D eigenvalue weighted by molar-refractivity contribution is 5.79. The van der Waals surface area contributed by atoms with Crippen LogP contribution in [0.1, 0.15) is 33.1 Å². The van der Waals surface area contributed by atoms with E-state index < -0.39 is 0 Å². The Kier molecular flexibility index (Phi) is 8.62. The van der Waals surface area contributed by atoms with Gasteiger partial charge in [0.15, 0.2) is 5.96 Å². The molecule has 5 heteroatoms. The summed E-state index contributed by atoms with van der Waals surface area (Å²) in [6.45, 7) is 9.81. The Bertz CT molecular complexity index is 275. The maximum absolute atomic E-state index is 5.11. The largest absolute Gasteiger partial charge is 0.383 e. The van der Waals surface area contributed by atoms with E-state index in [0.29, 0.717) is 6.61 Å². The van der Waals surface area contributed by atoms with Crippen molar-refractivity contribution in [1.82, 2.24) is 15.5 Å². The van der Waals surface area contributed by atoms with Crippen LogP contribution in [0.4, 0.5) is 0 Å². The zero-order valence-corrected chi connectivity index (χ0v) is 13.6. The molecule has 0 radical (unpaired) electrons. The molecule has 0 aliphatic carbocycles. The Balaban J connectivity index is 2.09. The molecule has 1 atom stereocenters. The fraction of sp³-hybridized carbons (Fsp3) is 0.933. The molecule has 1 heterocycles. The quantitative estimate of drug-likeness (QED) is 0.420. The number of nitrogens with one attached hydrogen (secondary N) is 2. The summed E-state index contributed by atoms with van der Waals surface area (Å²) in [5, 5.41) is 6.68. The van der Waals surface area contributed by atoms with Gasteiger partial charge in [0.05, 0.1) is 6.61 Å². The van der Waals surface area contributed by atoms with Crippen LogP contribution in [0.15, 0.2) is 4.99 Å². The van der Waals surface area contributed by atoms with Crippen LogP contribution >= 0.6 is 0 Å². The van der Waals surface area contributed by atoms with Crippen molar-refractivity contribution < 1.29 is 4.74 Å². The van der Waals surface area contributed by atoms with Crippen LogP contribution < -0.4 is 10.6 Å². The molecular formula is C15H32N4O. The number of likely N-dealkylation sites (tertiary alicyclic amines) is 1. The number of guanidine groups is 1. The molecule has 0 saturated carbocycles. The Morgan fingerprint density at radius 1 is 1.40 bits per heavy atom. The highest BCUT2D eigenvalue weighted by Crippen LogP contribution is 2.15. The van der Waals surface area contributed by atoms with E-state index in [1.807, 2.05) is 0 Å². The third kappa shape index (κ3) is 7.10. The first kappa shape index (κ1) is 17.2. The van der Waals surface area contributed by atoms with Crippen LogP contribution in [0.25, 0.3) is 0 Å². The zero-order chi connectivity index (χ0) is 14.8. The molecule has 20 heavy (non-hydrogen) atoms. The number of aliphatic imine (C=N–C) groups is 1. The fourth-order valence-corrected chi connectivity index (χ4v) is 2.51. The van der Waals surface area contributed by atoms with E-state index in [2.05, 4.69) is 34.4 Å². The van der Waals surface area contributed by atoms with Crippen molar-refractivity contribution >= 4 is 5.96 Å². The fourth-order valence-electron chi connectivity index (χ4n) is 2.51. The first-order valence-electron chi connectivity index (χ1n) is 7.84. The lowest BCUT2D eigenvalue weighted by Gasteiger charge is -2.30. The molecule has 0 aromatic carbocycles. The first-order chi connectivity index (χ1) is 9.65. The maximum atomic E-state index is 5.11. The van der Waals surface area contributed by atoms with E-state index in [4.69, 9.17) is 4.74 Å². The van der Waals surface area contributed by atoms with Gasteiger partial charge in [0.1, 0.15) is 0 Å². The van der Waals surface area contributed by atoms with Gasteiger partial charge in [-0.1, -0.05) is 6.92 Å². The molecule has 1 saturated heterocycles. The normalized spacial score (nSPS) is 19.9. The van der Waals surface area contributed by atoms with Crippen molar-refractivity contribution in [3.05, 3.63) is 0 Å².